The van der Waals surface area contributed by atoms with Crippen LogP contribution < -0.4 is 10.6 Å². The second-order valence-electron chi connectivity index (χ2n) is 4.46. The van der Waals surface area contributed by atoms with Gasteiger partial charge in [-0.25, -0.2) is 0 Å². The number of guanidine groups is 1. The summed E-state index contributed by atoms with van der Waals surface area (Å²) in [5.74, 6) is 0.696. The molecule has 120 valence electrons. The van der Waals surface area contributed by atoms with Gasteiger partial charge in [-0.15, -0.1) is 24.0 Å². The molecule has 22 heavy (non-hydrogen) atoms. The smallest absolute Gasteiger partial charge is 0.191 e. The molecule has 0 atom stereocenters. The SMILES string of the molecule is CN=C(NCc1ccc(Cl)cc1Cl)NCc1ccnn1C.I. The average Bonchev–Trinajstić information content (AvgIpc) is 2.86. The lowest BCUT2D eigenvalue weighted by molar-refractivity contribution is 0.684. The molecular formula is C14H18Cl2IN5. The van der Waals surface area contributed by atoms with Gasteiger partial charge < -0.3 is 10.6 Å². The summed E-state index contributed by atoms with van der Waals surface area (Å²) >= 11 is 12.0. The maximum Gasteiger partial charge on any atom is 0.191 e. The zero-order valence-corrected chi connectivity index (χ0v) is 16.1. The fourth-order valence-electron chi connectivity index (χ4n) is 1.81. The Kier molecular flexibility index (Phi) is 7.98. The number of rotatable bonds is 4. The summed E-state index contributed by atoms with van der Waals surface area (Å²) in [4.78, 5) is 4.18. The van der Waals surface area contributed by atoms with Crippen molar-refractivity contribution in [3.05, 3.63) is 51.8 Å². The number of halogens is 3. The number of nitrogens with one attached hydrogen (secondary N) is 2. The van der Waals surface area contributed by atoms with Gasteiger partial charge in [0, 0.05) is 36.9 Å². The van der Waals surface area contributed by atoms with E-state index >= 15 is 0 Å². The zero-order valence-electron chi connectivity index (χ0n) is 12.3. The van der Waals surface area contributed by atoms with E-state index in [1.54, 1.807) is 19.3 Å². The summed E-state index contributed by atoms with van der Waals surface area (Å²) in [6.45, 7) is 1.21. The zero-order chi connectivity index (χ0) is 15.2. The molecule has 0 aliphatic carbocycles. The molecule has 0 radical (unpaired) electrons. The number of aliphatic imine (C=N–C) groups is 1. The van der Waals surface area contributed by atoms with Crippen LogP contribution in [0.25, 0.3) is 0 Å². The summed E-state index contributed by atoms with van der Waals surface area (Å²) < 4.78 is 1.82. The molecule has 0 aliphatic rings. The summed E-state index contributed by atoms with van der Waals surface area (Å²) in [6, 6.07) is 7.39. The van der Waals surface area contributed by atoms with Gasteiger partial charge in [0.15, 0.2) is 5.96 Å². The van der Waals surface area contributed by atoms with Gasteiger partial charge in [-0.1, -0.05) is 29.3 Å². The van der Waals surface area contributed by atoms with Crippen molar-refractivity contribution in [2.75, 3.05) is 7.05 Å². The molecule has 0 aliphatic heterocycles. The van der Waals surface area contributed by atoms with Crippen LogP contribution in [0.2, 0.25) is 10.0 Å². The topological polar surface area (TPSA) is 54.2 Å². The predicted octanol–water partition coefficient (Wildman–Crippen LogP) is 3.21. The van der Waals surface area contributed by atoms with Crippen molar-refractivity contribution in [3.8, 4) is 0 Å². The summed E-state index contributed by atoms with van der Waals surface area (Å²) in [5.41, 5.74) is 2.03. The molecule has 1 heterocycles. The molecule has 0 bridgehead atoms. The first-order valence-corrected chi connectivity index (χ1v) is 7.21. The molecule has 5 nitrogen and oxygen atoms in total. The predicted molar refractivity (Wildman–Crippen MR) is 102 cm³/mol. The molecular weight excluding hydrogens is 436 g/mol. The van der Waals surface area contributed by atoms with E-state index in [1.807, 2.05) is 29.9 Å². The van der Waals surface area contributed by atoms with Crippen LogP contribution >= 0.6 is 47.2 Å². The van der Waals surface area contributed by atoms with Gasteiger partial charge >= 0.3 is 0 Å². The Labute approximate surface area is 157 Å². The van der Waals surface area contributed by atoms with Crippen molar-refractivity contribution in [3.63, 3.8) is 0 Å². The van der Waals surface area contributed by atoms with E-state index < -0.39 is 0 Å². The van der Waals surface area contributed by atoms with Crippen LogP contribution in [-0.2, 0) is 20.1 Å². The van der Waals surface area contributed by atoms with Crippen molar-refractivity contribution < 1.29 is 0 Å². The first-order chi connectivity index (χ1) is 10.1. The van der Waals surface area contributed by atoms with Gasteiger partial charge in [-0.2, -0.15) is 5.10 Å². The highest BCUT2D eigenvalue weighted by Gasteiger charge is 2.04. The molecule has 2 N–H and O–H groups in total. The Balaban J connectivity index is 0.00000242. The maximum atomic E-state index is 6.14. The summed E-state index contributed by atoms with van der Waals surface area (Å²) in [5, 5.41) is 11.8. The van der Waals surface area contributed by atoms with E-state index in [1.165, 1.54) is 0 Å². The number of aromatic nitrogens is 2. The van der Waals surface area contributed by atoms with Crippen LogP contribution in [0.1, 0.15) is 11.3 Å². The van der Waals surface area contributed by atoms with Crippen LogP contribution in [0.15, 0.2) is 35.5 Å². The molecule has 0 amide bonds. The van der Waals surface area contributed by atoms with E-state index in [9.17, 15) is 0 Å². The molecule has 0 spiro atoms. The monoisotopic (exact) mass is 453 g/mol. The third kappa shape index (κ3) is 5.33. The maximum absolute atomic E-state index is 6.14. The minimum absolute atomic E-state index is 0. The molecule has 0 saturated carbocycles. The van der Waals surface area contributed by atoms with Gasteiger partial charge in [0.05, 0.1) is 12.2 Å². The van der Waals surface area contributed by atoms with Crippen molar-refractivity contribution in [2.45, 2.75) is 13.1 Å². The minimum atomic E-state index is 0. The Hall–Kier alpha value is -0.990. The second kappa shape index (κ2) is 9.22. The quantitative estimate of drug-likeness (QED) is 0.424. The van der Waals surface area contributed by atoms with Crippen molar-refractivity contribution in [2.24, 2.45) is 12.0 Å². The molecule has 1 aromatic carbocycles. The molecule has 0 fully saturated rings. The van der Waals surface area contributed by atoms with Gasteiger partial charge in [0.25, 0.3) is 0 Å². The van der Waals surface area contributed by atoms with E-state index in [0.717, 1.165) is 11.3 Å². The Morgan fingerprint density at radius 3 is 2.55 bits per heavy atom. The fourth-order valence-corrected chi connectivity index (χ4v) is 2.29. The molecule has 0 unspecified atom stereocenters. The third-order valence-electron chi connectivity index (χ3n) is 3.04. The van der Waals surface area contributed by atoms with Crippen LogP contribution in [0.5, 0.6) is 0 Å². The van der Waals surface area contributed by atoms with Crippen molar-refractivity contribution >= 4 is 53.1 Å². The fraction of sp³-hybridized carbons (Fsp3) is 0.286. The normalized spacial score (nSPS) is 11.0. The van der Waals surface area contributed by atoms with Gasteiger partial charge in [0.1, 0.15) is 0 Å². The molecule has 0 saturated heterocycles. The number of nitrogens with zero attached hydrogens (tertiary/aromatic N) is 3. The number of aryl methyl sites for hydroxylation is 1. The lowest BCUT2D eigenvalue weighted by Gasteiger charge is -2.13. The Bertz CT molecular complexity index is 642. The highest BCUT2D eigenvalue weighted by atomic mass is 127. The highest BCUT2D eigenvalue weighted by Crippen LogP contribution is 2.20. The van der Waals surface area contributed by atoms with Gasteiger partial charge in [-0.3, -0.25) is 9.67 Å². The first-order valence-electron chi connectivity index (χ1n) is 6.45. The number of hydrogen-bond acceptors (Lipinski definition) is 2. The molecule has 1 aromatic heterocycles. The van der Waals surface area contributed by atoms with Crippen LogP contribution in [0.3, 0.4) is 0 Å². The van der Waals surface area contributed by atoms with Crippen LogP contribution in [0, 0.1) is 0 Å². The van der Waals surface area contributed by atoms with Crippen molar-refractivity contribution in [1.29, 1.82) is 0 Å². The van der Waals surface area contributed by atoms with Crippen molar-refractivity contribution in [1.82, 2.24) is 20.4 Å². The Morgan fingerprint density at radius 1 is 1.23 bits per heavy atom. The first kappa shape index (κ1) is 19.1. The van der Waals surface area contributed by atoms with E-state index in [2.05, 4.69) is 20.7 Å². The van der Waals surface area contributed by atoms with E-state index in [0.29, 0.717) is 29.1 Å². The minimum Gasteiger partial charge on any atom is -0.352 e. The lowest BCUT2D eigenvalue weighted by atomic mass is 10.2. The van der Waals surface area contributed by atoms with Gasteiger partial charge in [0.2, 0.25) is 0 Å². The van der Waals surface area contributed by atoms with Crippen LogP contribution in [-0.4, -0.2) is 22.8 Å². The third-order valence-corrected chi connectivity index (χ3v) is 3.63. The second-order valence-corrected chi connectivity index (χ2v) is 5.30. The number of benzene rings is 1. The van der Waals surface area contributed by atoms with Gasteiger partial charge in [-0.05, 0) is 23.8 Å². The lowest BCUT2D eigenvalue weighted by Crippen LogP contribution is -2.36. The molecule has 2 aromatic rings. The number of hydrogen-bond donors (Lipinski definition) is 2. The Morgan fingerprint density at radius 2 is 1.95 bits per heavy atom. The summed E-state index contributed by atoms with van der Waals surface area (Å²) in [6.07, 6.45) is 1.76. The van der Waals surface area contributed by atoms with E-state index in [4.69, 9.17) is 23.2 Å². The average molecular weight is 454 g/mol. The van der Waals surface area contributed by atoms with E-state index in [-0.39, 0.29) is 24.0 Å². The summed E-state index contributed by atoms with van der Waals surface area (Å²) in [7, 11) is 3.63. The largest absolute Gasteiger partial charge is 0.352 e. The highest BCUT2D eigenvalue weighted by molar-refractivity contribution is 14.0. The van der Waals surface area contributed by atoms with Crippen LogP contribution in [0.4, 0.5) is 0 Å². The molecule has 2 rings (SSSR count). The standard InChI is InChI=1S/C14H17Cl2N5.HI/c1-17-14(19-9-12-5-6-20-21(12)2)18-8-10-3-4-11(15)7-13(10)16;/h3-7H,8-9H2,1-2H3,(H2,17,18,19);1H. The molecule has 8 heteroatoms.